The molecule has 0 spiro atoms. The quantitative estimate of drug-likeness (QED) is 0.850. The second-order valence-electron chi connectivity index (χ2n) is 3.78. The lowest BCUT2D eigenvalue weighted by atomic mass is 10.1. The van der Waals surface area contributed by atoms with Crippen LogP contribution in [0.4, 0.5) is 10.5 Å². The molecule has 1 aromatic rings. The molecule has 1 atom stereocenters. The molecule has 0 aliphatic carbocycles. The molecule has 1 aliphatic heterocycles. The molecule has 18 heavy (non-hydrogen) atoms. The van der Waals surface area contributed by atoms with Crippen molar-refractivity contribution in [1.29, 1.82) is 5.26 Å². The Kier molecular flexibility index (Phi) is 3.15. The van der Waals surface area contributed by atoms with Crippen LogP contribution in [0.3, 0.4) is 0 Å². The summed E-state index contributed by atoms with van der Waals surface area (Å²) in [7, 11) is 0. The van der Waals surface area contributed by atoms with Gasteiger partial charge in [0.05, 0.1) is 11.3 Å². The van der Waals surface area contributed by atoms with E-state index >= 15 is 0 Å². The molecule has 92 valence electrons. The van der Waals surface area contributed by atoms with Gasteiger partial charge < -0.3 is 9.84 Å². The Morgan fingerprint density at radius 1 is 1.50 bits per heavy atom. The number of carboxylic acid groups (broad SMARTS) is 1. The third kappa shape index (κ3) is 2.11. The van der Waals surface area contributed by atoms with Crippen LogP contribution in [0, 0.1) is 11.3 Å². The van der Waals surface area contributed by atoms with Crippen LogP contribution in [-0.2, 0) is 9.53 Å². The molecular formula is C12H10N2O4. The number of benzene rings is 1. The molecule has 1 fully saturated rings. The van der Waals surface area contributed by atoms with Gasteiger partial charge in [0.2, 0.25) is 6.10 Å². The molecular weight excluding hydrogens is 236 g/mol. The van der Waals surface area contributed by atoms with E-state index in [-0.39, 0.29) is 13.0 Å². The van der Waals surface area contributed by atoms with Gasteiger partial charge in [0.1, 0.15) is 6.07 Å². The van der Waals surface area contributed by atoms with Crippen molar-refractivity contribution < 1.29 is 19.4 Å². The predicted octanol–water partition coefficient (Wildman–Crippen LogP) is 1.36. The Hall–Kier alpha value is -2.55. The summed E-state index contributed by atoms with van der Waals surface area (Å²) in [6.45, 7) is 0.217. The van der Waals surface area contributed by atoms with E-state index in [0.717, 1.165) is 0 Å². The van der Waals surface area contributed by atoms with E-state index < -0.39 is 18.2 Å². The summed E-state index contributed by atoms with van der Waals surface area (Å²) in [5.74, 6) is -1.16. The Balaban J connectivity index is 2.24. The number of carboxylic acids is 1. The van der Waals surface area contributed by atoms with Gasteiger partial charge in [0.25, 0.3) is 0 Å². The Bertz CT molecular complexity index is 535. The Morgan fingerprint density at radius 2 is 2.22 bits per heavy atom. The van der Waals surface area contributed by atoms with Gasteiger partial charge in [-0.15, -0.1) is 0 Å². The molecule has 0 bridgehead atoms. The lowest BCUT2D eigenvalue weighted by Gasteiger charge is -2.30. The summed E-state index contributed by atoms with van der Waals surface area (Å²) in [6, 6.07) is 8.59. The molecule has 1 saturated heterocycles. The summed E-state index contributed by atoms with van der Waals surface area (Å²) >= 11 is 0. The van der Waals surface area contributed by atoms with Gasteiger partial charge in [0.15, 0.2) is 0 Å². The maximum Gasteiger partial charge on any atom is 0.415 e. The van der Waals surface area contributed by atoms with E-state index in [2.05, 4.69) is 0 Å². The van der Waals surface area contributed by atoms with Gasteiger partial charge in [-0.3, -0.25) is 4.90 Å². The standard InChI is InChI=1S/C12H10N2O4/c13-7-8-3-1-2-4-9(8)14-6-5-10(11(15)16)18-12(14)17/h1-4,10H,5-6H2,(H,15,16). The normalized spacial score (nSPS) is 18.9. The Labute approximate surface area is 103 Å². The van der Waals surface area contributed by atoms with Crippen LogP contribution >= 0.6 is 0 Å². The van der Waals surface area contributed by atoms with E-state index in [1.54, 1.807) is 24.3 Å². The van der Waals surface area contributed by atoms with Crippen molar-refractivity contribution in [1.82, 2.24) is 0 Å². The number of amides is 1. The largest absolute Gasteiger partial charge is 0.479 e. The fourth-order valence-electron chi connectivity index (χ4n) is 1.78. The van der Waals surface area contributed by atoms with Crippen LogP contribution in [-0.4, -0.2) is 29.8 Å². The number of carbonyl (C=O) groups is 2. The van der Waals surface area contributed by atoms with Crippen molar-refractivity contribution in [3.63, 3.8) is 0 Å². The lowest BCUT2D eigenvalue weighted by molar-refractivity contribution is -0.147. The molecule has 0 radical (unpaired) electrons. The van der Waals surface area contributed by atoms with Crippen molar-refractivity contribution in [3.05, 3.63) is 29.8 Å². The van der Waals surface area contributed by atoms with Crippen molar-refractivity contribution in [2.45, 2.75) is 12.5 Å². The summed E-state index contributed by atoms with van der Waals surface area (Å²) in [5.41, 5.74) is 0.789. The summed E-state index contributed by atoms with van der Waals surface area (Å²) in [6.07, 6.45) is -1.65. The third-order valence-electron chi connectivity index (χ3n) is 2.67. The number of hydrogen-bond donors (Lipinski definition) is 1. The average Bonchev–Trinajstić information content (AvgIpc) is 2.38. The Morgan fingerprint density at radius 3 is 2.83 bits per heavy atom. The lowest BCUT2D eigenvalue weighted by Crippen LogP contribution is -2.45. The third-order valence-corrected chi connectivity index (χ3v) is 2.67. The minimum absolute atomic E-state index is 0.195. The van der Waals surface area contributed by atoms with Crippen LogP contribution in [0.15, 0.2) is 24.3 Å². The highest BCUT2D eigenvalue weighted by Gasteiger charge is 2.33. The maximum absolute atomic E-state index is 11.7. The first kappa shape index (κ1) is 11.9. The fourth-order valence-corrected chi connectivity index (χ4v) is 1.78. The molecule has 0 aromatic heterocycles. The molecule has 0 saturated carbocycles. The average molecular weight is 246 g/mol. The van der Waals surface area contributed by atoms with E-state index in [1.165, 1.54) is 4.90 Å². The molecule has 1 aliphatic rings. The van der Waals surface area contributed by atoms with Gasteiger partial charge in [-0.05, 0) is 12.1 Å². The van der Waals surface area contributed by atoms with Gasteiger partial charge >= 0.3 is 12.1 Å². The smallest absolute Gasteiger partial charge is 0.415 e. The van der Waals surface area contributed by atoms with Gasteiger partial charge in [-0.25, -0.2) is 9.59 Å². The van der Waals surface area contributed by atoms with Crippen molar-refractivity contribution >= 4 is 17.7 Å². The molecule has 2 rings (SSSR count). The number of ether oxygens (including phenoxy) is 1. The van der Waals surface area contributed by atoms with Crippen LogP contribution in [0.2, 0.25) is 0 Å². The molecule has 1 unspecified atom stereocenters. The van der Waals surface area contributed by atoms with Crippen LogP contribution in [0.1, 0.15) is 12.0 Å². The fraction of sp³-hybridized carbons (Fsp3) is 0.250. The zero-order chi connectivity index (χ0) is 13.1. The summed E-state index contributed by atoms with van der Waals surface area (Å²) in [4.78, 5) is 23.7. The zero-order valence-corrected chi connectivity index (χ0v) is 9.37. The predicted molar refractivity (Wildman–Crippen MR) is 61.0 cm³/mol. The molecule has 1 heterocycles. The number of nitrogens with zero attached hydrogens (tertiary/aromatic N) is 2. The highest BCUT2D eigenvalue weighted by atomic mass is 16.6. The zero-order valence-electron chi connectivity index (χ0n) is 9.37. The number of para-hydroxylation sites is 1. The number of rotatable bonds is 2. The number of carbonyl (C=O) groups excluding carboxylic acids is 1. The second kappa shape index (κ2) is 4.75. The van der Waals surface area contributed by atoms with Crippen molar-refractivity contribution in [3.8, 4) is 6.07 Å². The van der Waals surface area contributed by atoms with Crippen molar-refractivity contribution in [2.75, 3.05) is 11.4 Å². The minimum atomic E-state index is -1.16. The highest BCUT2D eigenvalue weighted by molar-refractivity contribution is 5.92. The SMILES string of the molecule is N#Cc1ccccc1N1CCC(C(=O)O)OC1=O. The summed E-state index contributed by atoms with van der Waals surface area (Å²) < 4.78 is 4.79. The van der Waals surface area contributed by atoms with Crippen molar-refractivity contribution in [2.24, 2.45) is 0 Å². The van der Waals surface area contributed by atoms with Crippen LogP contribution in [0.25, 0.3) is 0 Å². The molecule has 1 amide bonds. The molecule has 6 heteroatoms. The van der Waals surface area contributed by atoms with Gasteiger partial charge in [-0.2, -0.15) is 5.26 Å². The summed E-state index contributed by atoms with van der Waals surface area (Å²) in [5, 5.41) is 17.7. The number of aliphatic carboxylic acids is 1. The van der Waals surface area contributed by atoms with E-state index in [9.17, 15) is 9.59 Å². The number of nitriles is 1. The topological polar surface area (TPSA) is 90.6 Å². The van der Waals surface area contributed by atoms with Crippen LogP contribution < -0.4 is 4.90 Å². The minimum Gasteiger partial charge on any atom is -0.479 e. The maximum atomic E-state index is 11.7. The van der Waals surface area contributed by atoms with E-state index in [1.807, 2.05) is 6.07 Å². The van der Waals surface area contributed by atoms with Gasteiger partial charge in [0, 0.05) is 13.0 Å². The molecule has 6 nitrogen and oxygen atoms in total. The number of anilines is 1. The van der Waals surface area contributed by atoms with Gasteiger partial charge in [-0.1, -0.05) is 12.1 Å². The highest BCUT2D eigenvalue weighted by Crippen LogP contribution is 2.24. The second-order valence-corrected chi connectivity index (χ2v) is 3.78. The number of cyclic esters (lactones) is 1. The first-order valence-electron chi connectivity index (χ1n) is 5.33. The molecule has 1 N–H and O–H groups in total. The van der Waals surface area contributed by atoms with E-state index in [0.29, 0.717) is 11.3 Å². The molecule has 1 aromatic carbocycles. The van der Waals surface area contributed by atoms with E-state index in [4.69, 9.17) is 15.1 Å². The van der Waals surface area contributed by atoms with Crippen LogP contribution in [0.5, 0.6) is 0 Å². The number of hydrogen-bond acceptors (Lipinski definition) is 4. The monoisotopic (exact) mass is 246 g/mol. The first-order chi connectivity index (χ1) is 8.63. The first-order valence-corrected chi connectivity index (χ1v) is 5.33.